The van der Waals surface area contributed by atoms with Crippen molar-refractivity contribution in [1.29, 1.82) is 5.26 Å². The first-order valence-electron chi connectivity index (χ1n) is 7.34. The van der Waals surface area contributed by atoms with Gasteiger partial charge < -0.3 is 10.1 Å². The average molecular weight is 337 g/mol. The zero-order valence-corrected chi connectivity index (χ0v) is 13.4. The SMILES string of the molecule is CNC(=O)NC(=O)[C@H](OC(=O)c1cccc(C#N)c1)c1ccccc1. The van der Waals surface area contributed by atoms with Crippen LogP contribution in [0.4, 0.5) is 4.79 Å². The number of carbonyl (C=O) groups excluding carboxylic acids is 3. The minimum atomic E-state index is -1.31. The summed E-state index contributed by atoms with van der Waals surface area (Å²) in [5.41, 5.74) is 0.835. The van der Waals surface area contributed by atoms with Gasteiger partial charge >= 0.3 is 12.0 Å². The van der Waals surface area contributed by atoms with E-state index in [1.807, 2.05) is 6.07 Å². The number of esters is 1. The average Bonchev–Trinajstić information content (AvgIpc) is 2.66. The number of nitrogens with zero attached hydrogens (tertiary/aromatic N) is 1. The number of carbonyl (C=O) groups is 3. The van der Waals surface area contributed by atoms with Gasteiger partial charge in [0.25, 0.3) is 5.91 Å². The number of urea groups is 1. The van der Waals surface area contributed by atoms with Crippen LogP contribution in [0, 0.1) is 11.3 Å². The Balaban J connectivity index is 2.26. The first kappa shape index (κ1) is 17.7. The highest BCUT2D eigenvalue weighted by molar-refractivity contribution is 5.99. The molecule has 0 unspecified atom stereocenters. The smallest absolute Gasteiger partial charge is 0.339 e. The van der Waals surface area contributed by atoms with E-state index in [1.165, 1.54) is 25.2 Å². The Morgan fingerprint density at radius 1 is 1.08 bits per heavy atom. The molecule has 2 aromatic carbocycles. The molecule has 0 heterocycles. The van der Waals surface area contributed by atoms with Gasteiger partial charge in [-0.3, -0.25) is 10.1 Å². The van der Waals surface area contributed by atoms with Gasteiger partial charge in [-0.05, 0) is 18.2 Å². The fourth-order valence-electron chi connectivity index (χ4n) is 2.03. The van der Waals surface area contributed by atoms with Crippen LogP contribution in [0.2, 0.25) is 0 Å². The number of ether oxygens (including phenoxy) is 1. The van der Waals surface area contributed by atoms with Gasteiger partial charge in [0.2, 0.25) is 6.10 Å². The van der Waals surface area contributed by atoms with E-state index in [-0.39, 0.29) is 5.56 Å². The van der Waals surface area contributed by atoms with Crippen molar-refractivity contribution >= 4 is 17.9 Å². The van der Waals surface area contributed by atoms with Crippen LogP contribution in [0.5, 0.6) is 0 Å². The summed E-state index contributed by atoms with van der Waals surface area (Å²) in [5, 5.41) is 13.3. The lowest BCUT2D eigenvalue weighted by Gasteiger charge is -2.17. The third kappa shape index (κ3) is 4.65. The van der Waals surface area contributed by atoms with Crippen LogP contribution in [-0.2, 0) is 9.53 Å². The number of imide groups is 1. The quantitative estimate of drug-likeness (QED) is 0.829. The molecule has 126 valence electrons. The number of rotatable bonds is 4. The molecule has 2 aromatic rings. The molecule has 0 aliphatic heterocycles. The third-order valence-electron chi connectivity index (χ3n) is 3.26. The number of hydrogen-bond donors (Lipinski definition) is 2. The fraction of sp³-hybridized carbons (Fsp3) is 0.111. The standard InChI is InChI=1S/C18H15N3O4/c1-20-18(24)21-16(22)15(13-7-3-2-4-8-13)25-17(23)14-9-5-6-12(10-14)11-19/h2-10,15H,1H3,(H2,20,21,22,24)/t15-/m1/s1. The Labute approximate surface area is 144 Å². The molecule has 0 aliphatic carbocycles. The number of benzene rings is 2. The summed E-state index contributed by atoms with van der Waals surface area (Å²) in [6.45, 7) is 0. The number of nitrogens with one attached hydrogen (secondary N) is 2. The second-order valence-corrected chi connectivity index (χ2v) is 4.96. The lowest BCUT2D eigenvalue weighted by Crippen LogP contribution is -2.41. The number of hydrogen-bond acceptors (Lipinski definition) is 5. The second kappa shape index (κ2) is 8.26. The molecule has 25 heavy (non-hydrogen) atoms. The van der Waals surface area contributed by atoms with Crippen molar-refractivity contribution in [3.8, 4) is 6.07 Å². The highest BCUT2D eigenvalue weighted by atomic mass is 16.5. The summed E-state index contributed by atoms with van der Waals surface area (Å²) in [7, 11) is 1.36. The van der Waals surface area contributed by atoms with Crippen LogP contribution < -0.4 is 10.6 Å². The highest BCUT2D eigenvalue weighted by Crippen LogP contribution is 2.20. The van der Waals surface area contributed by atoms with Crippen molar-refractivity contribution < 1.29 is 19.1 Å². The van der Waals surface area contributed by atoms with Crippen molar-refractivity contribution in [2.45, 2.75) is 6.10 Å². The molecule has 0 aliphatic rings. The minimum Gasteiger partial charge on any atom is -0.444 e. The molecule has 0 spiro atoms. The van der Waals surface area contributed by atoms with Crippen molar-refractivity contribution in [2.24, 2.45) is 0 Å². The molecule has 2 rings (SSSR count). The van der Waals surface area contributed by atoms with Crippen molar-refractivity contribution in [3.63, 3.8) is 0 Å². The van der Waals surface area contributed by atoms with E-state index >= 15 is 0 Å². The van der Waals surface area contributed by atoms with Crippen LogP contribution in [0.25, 0.3) is 0 Å². The van der Waals surface area contributed by atoms with Crippen LogP contribution >= 0.6 is 0 Å². The normalized spacial score (nSPS) is 10.9. The van der Waals surface area contributed by atoms with Gasteiger partial charge in [-0.25, -0.2) is 9.59 Å². The van der Waals surface area contributed by atoms with E-state index in [1.54, 1.807) is 36.4 Å². The largest absolute Gasteiger partial charge is 0.444 e. The predicted octanol–water partition coefficient (Wildman–Crippen LogP) is 1.91. The molecule has 0 saturated heterocycles. The first-order valence-corrected chi connectivity index (χ1v) is 7.34. The van der Waals surface area contributed by atoms with Gasteiger partial charge in [0, 0.05) is 12.6 Å². The summed E-state index contributed by atoms with van der Waals surface area (Å²) in [6.07, 6.45) is -1.31. The van der Waals surface area contributed by atoms with E-state index in [0.717, 1.165) is 0 Å². The number of amides is 3. The van der Waals surface area contributed by atoms with Crippen LogP contribution in [0.1, 0.15) is 27.6 Å². The Hall–Kier alpha value is -3.66. The molecular formula is C18H15N3O4. The summed E-state index contributed by atoms with van der Waals surface area (Å²) in [4.78, 5) is 36.0. The topological polar surface area (TPSA) is 108 Å². The lowest BCUT2D eigenvalue weighted by molar-refractivity contribution is -0.129. The molecule has 1 atom stereocenters. The fourth-order valence-corrected chi connectivity index (χ4v) is 2.03. The molecule has 2 N–H and O–H groups in total. The third-order valence-corrected chi connectivity index (χ3v) is 3.26. The molecule has 0 fully saturated rings. The monoisotopic (exact) mass is 337 g/mol. The Bertz CT molecular complexity index is 828. The van der Waals surface area contributed by atoms with Gasteiger partial charge in [-0.15, -0.1) is 0 Å². The van der Waals surface area contributed by atoms with E-state index in [0.29, 0.717) is 11.1 Å². The number of nitriles is 1. The van der Waals surface area contributed by atoms with Gasteiger partial charge in [0.05, 0.1) is 17.2 Å². The molecule has 7 nitrogen and oxygen atoms in total. The predicted molar refractivity (Wildman–Crippen MR) is 88.4 cm³/mol. The Kier molecular flexibility index (Phi) is 5.85. The van der Waals surface area contributed by atoms with Crippen molar-refractivity contribution in [2.75, 3.05) is 7.05 Å². The molecule has 0 aromatic heterocycles. The maximum atomic E-state index is 12.3. The van der Waals surface area contributed by atoms with Gasteiger partial charge in [-0.1, -0.05) is 36.4 Å². The highest BCUT2D eigenvalue weighted by Gasteiger charge is 2.27. The van der Waals surface area contributed by atoms with Crippen LogP contribution in [-0.4, -0.2) is 25.0 Å². The van der Waals surface area contributed by atoms with Crippen molar-refractivity contribution in [3.05, 3.63) is 71.3 Å². The van der Waals surface area contributed by atoms with Gasteiger partial charge in [0.1, 0.15) is 0 Å². The molecule has 3 amide bonds. The van der Waals surface area contributed by atoms with Gasteiger partial charge in [0.15, 0.2) is 0 Å². The first-order chi connectivity index (χ1) is 12.0. The minimum absolute atomic E-state index is 0.132. The summed E-state index contributed by atoms with van der Waals surface area (Å²) < 4.78 is 5.29. The summed E-state index contributed by atoms with van der Waals surface area (Å²) in [5.74, 6) is -1.56. The molecule has 0 radical (unpaired) electrons. The molecule has 0 bridgehead atoms. The van der Waals surface area contributed by atoms with E-state index < -0.39 is 24.0 Å². The van der Waals surface area contributed by atoms with Crippen LogP contribution in [0.3, 0.4) is 0 Å². The van der Waals surface area contributed by atoms with E-state index in [4.69, 9.17) is 10.00 Å². The van der Waals surface area contributed by atoms with E-state index in [2.05, 4.69) is 10.6 Å². The summed E-state index contributed by atoms with van der Waals surface area (Å²) in [6, 6.07) is 15.4. The summed E-state index contributed by atoms with van der Waals surface area (Å²) >= 11 is 0. The Morgan fingerprint density at radius 2 is 1.80 bits per heavy atom. The molecule has 0 saturated carbocycles. The zero-order valence-electron chi connectivity index (χ0n) is 13.4. The second-order valence-electron chi connectivity index (χ2n) is 4.96. The lowest BCUT2D eigenvalue weighted by atomic mass is 10.1. The maximum absolute atomic E-state index is 12.3. The van der Waals surface area contributed by atoms with Crippen molar-refractivity contribution in [1.82, 2.24) is 10.6 Å². The van der Waals surface area contributed by atoms with Gasteiger partial charge in [-0.2, -0.15) is 5.26 Å². The molecular weight excluding hydrogens is 322 g/mol. The molecule has 7 heteroatoms. The van der Waals surface area contributed by atoms with E-state index in [9.17, 15) is 14.4 Å². The van der Waals surface area contributed by atoms with Crippen LogP contribution in [0.15, 0.2) is 54.6 Å². The Morgan fingerprint density at radius 3 is 2.44 bits per heavy atom. The zero-order chi connectivity index (χ0) is 18.2. The maximum Gasteiger partial charge on any atom is 0.339 e.